The van der Waals surface area contributed by atoms with E-state index in [1.165, 1.54) is 0 Å². The summed E-state index contributed by atoms with van der Waals surface area (Å²) >= 11 is 0. The van der Waals surface area contributed by atoms with Crippen molar-refractivity contribution in [3.63, 3.8) is 0 Å². The topological polar surface area (TPSA) is 51.2 Å². The van der Waals surface area contributed by atoms with E-state index in [9.17, 15) is 4.79 Å². The Labute approximate surface area is 114 Å². The number of nitrogens with one attached hydrogen (secondary N) is 1. The minimum atomic E-state index is -0.450. The Hall–Kier alpha value is -1.84. The molecule has 0 atom stereocenters. The molecule has 4 heteroatoms. The second-order valence-electron chi connectivity index (χ2n) is 5.35. The number of carbonyl (C=O) groups excluding carboxylic acids is 1. The Morgan fingerprint density at radius 3 is 2.84 bits per heavy atom. The summed E-state index contributed by atoms with van der Waals surface area (Å²) in [7, 11) is 0. The molecule has 1 rings (SSSR count). The molecule has 0 unspecified atom stereocenters. The predicted molar refractivity (Wildman–Crippen MR) is 76.9 cm³/mol. The maximum Gasteiger partial charge on any atom is 0.407 e. The maximum absolute atomic E-state index is 11.4. The van der Waals surface area contributed by atoms with Crippen LogP contribution < -0.4 is 5.32 Å². The summed E-state index contributed by atoms with van der Waals surface area (Å²) in [6.07, 6.45) is 6.22. The van der Waals surface area contributed by atoms with Crippen LogP contribution in [0.1, 0.15) is 38.4 Å². The first kappa shape index (κ1) is 15.2. The van der Waals surface area contributed by atoms with Crippen molar-refractivity contribution in [2.75, 3.05) is 6.54 Å². The largest absolute Gasteiger partial charge is 0.444 e. The number of hydrogen-bond acceptors (Lipinski definition) is 3. The molecular weight excluding hydrogens is 240 g/mol. The van der Waals surface area contributed by atoms with Crippen molar-refractivity contribution in [2.24, 2.45) is 0 Å². The molecule has 0 radical (unpaired) electrons. The summed E-state index contributed by atoms with van der Waals surface area (Å²) in [4.78, 5) is 15.5. The van der Waals surface area contributed by atoms with Crippen molar-refractivity contribution in [3.05, 3.63) is 35.7 Å². The number of hydrogen-bond donors (Lipinski definition) is 1. The molecule has 1 aromatic heterocycles. The Kier molecular flexibility index (Phi) is 5.55. The lowest BCUT2D eigenvalue weighted by Gasteiger charge is -2.19. The van der Waals surface area contributed by atoms with E-state index in [4.69, 9.17) is 4.74 Å². The van der Waals surface area contributed by atoms with Gasteiger partial charge in [0, 0.05) is 18.4 Å². The Morgan fingerprint density at radius 2 is 2.21 bits per heavy atom. The van der Waals surface area contributed by atoms with Gasteiger partial charge in [0.25, 0.3) is 0 Å². The molecule has 1 N–H and O–H groups in total. The SMILES string of the molecule is Cc1cc(C=CCCNC(=O)OC(C)(C)C)ccn1. The van der Waals surface area contributed by atoms with Gasteiger partial charge in [-0.25, -0.2) is 4.79 Å². The standard InChI is InChI=1S/C15H22N2O2/c1-12-11-13(8-10-16-12)7-5-6-9-17-14(18)19-15(2,3)4/h5,7-8,10-11H,6,9H2,1-4H3,(H,17,18). The molecule has 1 amide bonds. The molecule has 19 heavy (non-hydrogen) atoms. The van der Waals surface area contributed by atoms with Crippen LogP contribution in [0.3, 0.4) is 0 Å². The molecule has 1 heterocycles. The molecule has 0 bridgehead atoms. The highest BCUT2D eigenvalue weighted by Crippen LogP contribution is 2.06. The zero-order valence-corrected chi connectivity index (χ0v) is 12.1. The average molecular weight is 262 g/mol. The molecule has 0 fully saturated rings. The molecule has 1 aromatic rings. The first-order valence-electron chi connectivity index (χ1n) is 6.43. The molecule has 0 saturated carbocycles. The summed E-state index contributed by atoms with van der Waals surface area (Å²) in [6.45, 7) is 8.06. The van der Waals surface area contributed by atoms with Crippen LogP contribution in [0.4, 0.5) is 4.79 Å². The van der Waals surface area contributed by atoms with E-state index in [0.29, 0.717) is 6.54 Å². The molecule has 0 spiro atoms. The summed E-state index contributed by atoms with van der Waals surface area (Å²) < 4.78 is 5.14. The molecule has 0 aromatic carbocycles. The number of amides is 1. The van der Waals surface area contributed by atoms with E-state index >= 15 is 0 Å². The lowest BCUT2D eigenvalue weighted by Crippen LogP contribution is -2.32. The van der Waals surface area contributed by atoms with Gasteiger partial charge in [-0.15, -0.1) is 0 Å². The van der Waals surface area contributed by atoms with Crippen molar-refractivity contribution in [1.82, 2.24) is 10.3 Å². The van der Waals surface area contributed by atoms with Gasteiger partial charge >= 0.3 is 6.09 Å². The van der Waals surface area contributed by atoms with Crippen LogP contribution in [0.2, 0.25) is 0 Å². The number of alkyl carbamates (subject to hydrolysis) is 1. The number of ether oxygens (including phenoxy) is 1. The van der Waals surface area contributed by atoms with Gasteiger partial charge in [0.1, 0.15) is 5.60 Å². The van der Waals surface area contributed by atoms with Crippen molar-refractivity contribution in [2.45, 2.75) is 39.7 Å². The van der Waals surface area contributed by atoms with Crippen LogP contribution in [0.15, 0.2) is 24.4 Å². The minimum Gasteiger partial charge on any atom is -0.444 e. The van der Waals surface area contributed by atoms with Crippen LogP contribution in [0.25, 0.3) is 6.08 Å². The van der Waals surface area contributed by atoms with E-state index in [1.54, 1.807) is 6.20 Å². The van der Waals surface area contributed by atoms with Gasteiger partial charge in [-0.2, -0.15) is 0 Å². The van der Waals surface area contributed by atoms with Crippen molar-refractivity contribution in [3.8, 4) is 0 Å². The van der Waals surface area contributed by atoms with E-state index < -0.39 is 5.60 Å². The van der Waals surface area contributed by atoms with Crippen LogP contribution in [-0.2, 0) is 4.74 Å². The van der Waals surface area contributed by atoms with Crippen LogP contribution in [0, 0.1) is 6.92 Å². The van der Waals surface area contributed by atoms with Gasteiger partial charge in [0.15, 0.2) is 0 Å². The van der Waals surface area contributed by atoms with Gasteiger partial charge < -0.3 is 10.1 Å². The average Bonchev–Trinajstić information content (AvgIpc) is 2.26. The van der Waals surface area contributed by atoms with Gasteiger partial charge in [-0.3, -0.25) is 4.98 Å². The maximum atomic E-state index is 11.4. The number of aryl methyl sites for hydroxylation is 1. The third kappa shape index (κ3) is 7.24. The van der Waals surface area contributed by atoms with Crippen molar-refractivity contribution >= 4 is 12.2 Å². The molecule has 0 saturated heterocycles. The van der Waals surface area contributed by atoms with E-state index in [2.05, 4.69) is 10.3 Å². The van der Waals surface area contributed by atoms with Crippen LogP contribution in [0.5, 0.6) is 0 Å². The second kappa shape index (κ2) is 6.92. The lowest BCUT2D eigenvalue weighted by molar-refractivity contribution is 0.0529. The van der Waals surface area contributed by atoms with Crippen LogP contribution >= 0.6 is 0 Å². The summed E-state index contributed by atoms with van der Waals surface area (Å²) in [6, 6.07) is 3.96. The molecule has 0 aliphatic rings. The van der Waals surface area contributed by atoms with Gasteiger partial charge in [0.2, 0.25) is 0 Å². The van der Waals surface area contributed by atoms with E-state index in [1.807, 2.05) is 52.0 Å². The zero-order valence-electron chi connectivity index (χ0n) is 12.1. The fourth-order valence-electron chi connectivity index (χ4n) is 1.46. The first-order chi connectivity index (χ1) is 8.87. The van der Waals surface area contributed by atoms with Gasteiger partial charge in [-0.05, 0) is 51.8 Å². The summed E-state index contributed by atoms with van der Waals surface area (Å²) in [5.74, 6) is 0. The minimum absolute atomic E-state index is 0.374. The monoisotopic (exact) mass is 262 g/mol. The summed E-state index contributed by atoms with van der Waals surface area (Å²) in [5, 5.41) is 2.71. The number of pyridine rings is 1. The van der Waals surface area contributed by atoms with E-state index in [-0.39, 0.29) is 6.09 Å². The molecule has 104 valence electrons. The highest BCUT2D eigenvalue weighted by atomic mass is 16.6. The fraction of sp³-hybridized carbons (Fsp3) is 0.467. The zero-order chi connectivity index (χ0) is 14.3. The fourth-order valence-corrected chi connectivity index (χ4v) is 1.46. The molecule has 4 nitrogen and oxygen atoms in total. The smallest absolute Gasteiger partial charge is 0.407 e. The predicted octanol–water partition coefficient (Wildman–Crippen LogP) is 3.32. The third-order valence-electron chi connectivity index (χ3n) is 2.21. The Bertz CT molecular complexity index is 448. The second-order valence-corrected chi connectivity index (χ2v) is 5.35. The van der Waals surface area contributed by atoms with Gasteiger partial charge in [-0.1, -0.05) is 12.2 Å². The van der Waals surface area contributed by atoms with Crippen LogP contribution in [-0.4, -0.2) is 23.2 Å². The molecule has 0 aliphatic carbocycles. The highest BCUT2D eigenvalue weighted by molar-refractivity contribution is 5.67. The number of rotatable bonds is 4. The lowest BCUT2D eigenvalue weighted by atomic mass is 10.2. The molecule has 0 aliphatic heterocycles. The van der Waals surface area contributed by atoms with E-state index in [0.717, 1.165) is 17.7 Å². The third-order valence-corrected chi connectivity index (χ3v) is 2.21. The highest BCUT2D eigenvalue weighted by Gasteiger charge is 2.14. The van der Waals surface area contributed by atoms with Gasteiger partial charge in [0.05, 0.1) is 0 Å². The number of carbonyl (C=O) groups is 1. The quantitative estimate of drug-likeness (QED) is 0.847. The van der Waals surface area contributed by atoms with Crippen molar-refractivity contribution < 1.29 is 9.53 Å². The Balaban J connectivity index is 2.26. The normalized spacial score (nSPS) is 11.6. The Morgan fingerprint density at radius 1 is 1.47 bits per heavy atom. The number of nitrogens with zero attached hydrogens (tertiary/aromatic N) is 1. The summed E-state index contributed by atoms with van der Waals surface area (Å²) in [5.41, 5.74) is 1.66. The first-order valence-corrected chi connectivity index (χ1v) is 6.43. The van der Waals surface area contributed by atoms with Crippen molar-refractivity contribution in [1.29, 1.82) is 0 Å². The number of aromatic nitrogens is 1. The molecular formula is C15H22N2O2.